The second kappa shape index (κ2) is 5.89. The number of carboxylic acid groups (broad SMARTS) is 1. The molecular formula is C15H18N2O2S. The summed E-state index contributed by atoms with van der Waals surface area (Å²) in [5.74, 6) is -0.787. The summed E-state index contributed by atoms with van der Waals surface area (Å²) < 4.78 is 1.22. The lowest BCUT2D eigenvalue weighted by molar-refractivity contribution is -0.142. The number of nitrogens with zero attached hydrogens (tertiary/aromatic N) is 1. The second-order valence-electron chi connectivity index (χ2n) is 5.34. The van der Waals surface area contributed by atoms with Crippen molar-refractivity contribution in [2.24, 2.45) is 5.92 Å². The van der Waals surface area contributed by atoms with Crippen LogP contribution in [-0.2, 0) is 11.3 Å². The van der Waals surface area contributed by atoms with E-state index in [4.69, 9.17) is 5.11 Å². The second-order valence-corrected chi connectivity index (χ2v) is 6.46. The zero-order chi connectivity index (χ0) is 13.9. The van der Waals surface area contributed by atoms with Crippen LogP contribution in [0.3, 0.4) is 0 Å². The maximum atomic E-state index is 10.9. The van der Waals surface area contributed by atoms with Crippen molar-refractivity contribution in [3.8, 4) is 0 Å². The molecule has 1 saturated carbocycles. The predicted molar refractivity (Wildman–Crippen MR) is 79.8 cm³/mol. The van der Waals surface area contributed by atoms with E-state index in [9.17, 15) is 4.79 Å². The fraction of sp³-hybridized carbons (Fsp3) is 0.467. The number of fused-ring (bicyclic) bond motifs is 1. The fourth-order valence-electron chi connectivity index (χ4n) is 2.77. The SMILES string of the molecule is O=C(O)C1CCC(NCc2nc3ccccc3s2)CC1. The van der Waals surface area contributed by atoms with Crippen molar-refractivity contribution in [3.63, 3.8) is 0 Å². The third-order valence-electron chi connectivity index (χ3n) is 3.96. The fourth-order valence-corrected chi connectivity index (χ4v) is 3.69. The van der Waals surface area contributed by atoms with Gasteiger partial charge in [0.1, 0.15) is 5.01 Å². The Balaban J connectivity index is 1.54. The Bertz CT molecular complexity index is 570. The topological polar surface area (TPSA) is 62.2 Å². The van der Waals surface area contributed by atoms with Crippen LogP contribution >= 0.6 is 11.3 Å². The van der Waals surface area contributed by atoms with Crippen molar-refractivity contribution >= 4 is 27.5 Å². The zero-order valence-corrected chi connectivity index (χ0v) is 12.0. The molecule has 5 heteroatoms. The molecule has 0 aliphatic heterocycles. The van der Waals surface area contributed by atoms with Crippen molar-refractivity contribution in [1.82, 2.24) is 10.3 Å². The highest BCUT2D eigenvalue weighted by molar-refractivity contribution is 7.18. The van der Waals surface area contributed by atoms with Gasteiger partial charge in [0.05, 0.1) is 16.1 Å². The van der Waals surface area contributed by atoms with E-state index in [1.165, 1.54) is 4.70 Å². The maximum Gasteiger partial charge on any atom is 0.306 e. The molecule has 3 rings (SSSR count). The maximum absolute atomic E-state index is 10.9. The molecule has 1 aliphatic carbocycles. The van der Waals surface area contributed by atoms with Gasteiger partial charge in [-0.1, -0.05) is 12.1 Å². The molecule has 0 bridgehead atoms. The van der Waals surface area contributed by atoms with Crippen molar-refractivity contribution in [3.05, 3.63) is 29.3 Å². The van der Waals surface area contributed by atoms with Crippen LogP contribution in [0.25, 0.3) is 10.2 Å². The monoisotopic (exact) mass is 290 g/mol. The third kappa shape index (κ3) is 2.99. The van der Waals surface area contributed by atoms with E-state index in [2.05, 4.69) is 16.4 Å². The molecule has 0 atom stereocenters. The quantitative estimate of drug-likeness (QED) is 0.908. The molecule has 0 amide bonds. The number of carboxylic acids is 1. The number of hydrogen-bond acceptors (Lipinski definition) is 4. The lowest BCUT2D eigenvalue weighted by Gasteiger charge is -2.26. The van der Waals surface area contributed by atoms with Crippen molar-refractivity contribution < 1.29 is 9.90 Å². The number of rotatable bonds is 4. The molecule has 2 N–H and O–H groups in total. The van der Waals surface area contributed by atoms with Crippen molar-refractivity contribution in [2.45, 2.75) is 38.3 Å². The first-order valence-corrected chi connectivity index (χ1v) is 7.84. The Morgan fingerprint density at radius 3 is 2.75 bits per heavy atom. The normalized spacial score (nSPS) is 23.0. The van der Waals surface area contributed by atoms with Crippen LogP contribution in [0.4, 0.5) is 0 Å². The van der Waals surface area contributed by atoms with E-state index >= 15 is 0 Å². The van der Waals surface area contributed by atoms with E-state index in [1.54, 1.807) is 11.3 Å². The Hall–Kier alpha value is -1.46. The first-order valence-electron chi connectivity index (χ1n) is 7.03. The molecule has 106 valence electrons. The zero-order valence-electron chi connectivity index (χ0n) is 11.2. The Morgan fingerprint density at radius 2 is 2.05 bits per heavy atom. The van der Waals surface area contributed by atoms with Gasteiger partial charge >= 0.3 is 5.97 Å². The molecule has 0 radical (unpaired) electrons. The highest BCUT2D eigenvalue weighted by Crippen LogP contribution is 2.25. The summed E-state index contributed by atoms with van der Waals surface area (Å²) in [4.78, 5) is 15.5. The minimum atomic E-state index is -0.644. The van der Waals surface area contributed by atoms with Crippen LogP contribution in [0.5, 0.6) is 0 Å². The predicted octanol–water partition coefficient (Wildman–Crippen LogP) is 3.03. The van der Waals surface area contributed by atoms with Gasteiger partial charge in [-0.15, -0.1) is 11.3 Å². The van der Waals surface area contributed by atoms with Gasteiger partial charge in [-0.2, -0.15) is 0 Å². The van der Waals surface area contributed by atoms with Crippen LogP contribution < -0.4 is 5.32 Å². The summed E-state index contributed by atoms with van der Waals surface area (Å²) in [6.07, 6.45) is 3.46. The third-order valence-corrected chi connectivity index (χ3v) is 4.99. The van der Waals surface area contributed by atoms with Crippen LogP contribution in [0.2, 0.25) is 0 Å². The van der Waals surface area contributed by atoms with Gasteiger partial charge in [0.15, 0.2) is 0 Å². The molecule has 4 nitrogen and oxygen atoms in total. The smallest absolute Gasteiger partial charge is 0.306 e. The van der Waals surface area contributed by atoms with E-state index in [0.717, 1.165) is 42.8 Å². The Labute approximate surface area is 121 Å². The first kappa shape index (κ1) is 13.5. The van der Waals surface area contributed by atoms with Gasteiger partial charge < -0.3 is 10.4 Å². The standard InChI is InChI=1S/C15H18N2O2S/c18-15(19)10-5-7-11(8-6-10)16-9-14-17-12-3-1-2-4-13(12)20-14/h1-4,10-11,16H,5-9H2,(H,18,19). The molecule has 0 saturated heterocycles. The highest BCUT2D eigenvalue weighted by Gasteiger charge is 2.25. The molecule has 1 aromatic heterocycles. The van der Waals surface area contributed by atoms with Gasteiger partial charge in [-0.25, -0.2) is 4.98 Å². The number of aliphatic carboxylic acids is 1. The van der Waals surface area contributed by atoms with Gasteiger partial charge in [-0.3, -0.25) is 4.79 Å². The summed E-state index contributed by atoms with van der Waals surface area (Å²) in [5.41, 5.74) is 1.06. The molecule has 1 aliphatic rings. The molecule has 0 unspecified atom stereocenters. The molecule has 0 spiro atoms. The number of nitrogens with one attached hydrogen (secondary N) is 1. The van der Waals surface area contributed by atoms with E-state index in [-0.39, 0.29) is 5.92 Å². The highest BCUT2D eigenvalue weighted by atomic mass is 32.1. The number of hydrogen-bond donors (Lipinski definition) is 2. The average molecular weight is 290 g/mol. The summed E-state index contributed by atoms with van der Waals surface area (Å²) in [7, 11) is 0. The first-order chi connectivity index (χ1) is 9.72. The van der Waals surface area contributed by atoms with Crippen LogP contribution in [0, 0.1) is 5.92 Å². The van der Waals surface area contributed by atoms with Crippen LogP contribution in [0.15, 0.2) is 24.3 Å². The van der Waals surface area contributed by atoms with Gasteiger partial charge in [0.2, 0.25) is 0 Å². The number of para-hydroxylation sites is 1. The number of carbonyl (C=O) groups is 1. The lowest BCUT2D eigenvalue weighted by atomic mass is 9.86. The summed E-state index contributed by atoms with van der Waals surface area (Å²) >= 11 is 1.72. The Kier molecular flexibility index (Phi) is 3.98. The minimum Gasteiger partial charge on any atom is -0.481 e. The molecular weight excluding hydrogens is 272 g/mol. The summed E-state index contributed by atoms with van der Waals surface area (Å²) in [5, 5.41) is 13.6. The largest absolute Gasteiger partial charge is 0.481 e. The van der Waals surface area contributed by atoms with Crippen molar-refractivity contribution in [2.75, 3.05) is 0 Å². The Morgan fingerprint density at radius 1 is 1.30 bits per heavy atom. The lowest BCUT2D eigenvalue weighted by Crippen LogP contribution is -2.34. The summed E-state index contributed by atoms with van der Waals surface area (Å²) in [6, 6.07) is 8.59. The molecule has 20 heavy (non-hydrogen) atoms. The molecule has 1 heterocycles. The van der Waals surface area contributed by atoms with Crippen LogP contribution in [-0.4, -0.2) is 22.1 Å². The van der Waals surface area contributed by atoms with Gasteiger partial charge in [0.25, 0.3) is 0 Å². The minimum absolute atomic E-state index is 0.143. The van der Waals surface area contributed by atoms with Gasteiger partial charge in [-0.05, 0) is 37.8 Å². The van der Waals surface area contributed by atoms with Crippen LogP contribution in [0.1, 0.15) is 30.7 Å². The molecule has 2 aromatic rings. The van der Waals surface area contributed by atoms with E-state index in [1.807, 2.05) is 18.2 Å². The van der Waals surface area contributed by atoms with E-state index < -0.39 is 5.97 Å². The number of aromatic nitrogens is 1. The van der Waals surface area contributed by atoms with Gasteiger partial charge in [0, 0.05) is 12.6 Å². The molecule has 1 aromatic carbocycles. The number of benzene rings is 1. The number of thiazole rings is 1. The molecule has 1 fully saturated rings. The van der Waals surface area contributed by atoms with Crippen molar-refractivity contribution in [1.29, 1.82) is 0 Å². The average Bonchev–Trinajstić information content (AvgIpc) is 2.88. The van der Waals surface area contributed by atoms with E-state index in [0.29, 0.717) is 6.04 Å². The summed E-state index contributed by atoms with van der Waals surface area (Å²) in [6.45, 7) is 0.780.